The van der Waals surface area contributed by atoms with Crippen molar-refractivity contribution in [3.05, 3.63) is 0 Å². The summed E-state index contributed by atoms with van der Waals surface area (Å²) in [6, 6.07) is 0. The average molecular weight is 517 g/mol. The van der Waals surface area contributed by atoms with Crippen LogP contribution in [0.3, 0.4) is 0 Å². The van der Waals surface area contributed by atoms with Gasteiger partial charge in [-0.25, -0.2) is 29.0 Å². The minimum Gasteiger partial charge on any atom is -0.449 e. The molecule has 0 saturated carbocycles. The largest absolute Gasteiger partial charge is 0.449 e. The molecule has 0 unspecified atom stereocenters. The molecule has 0 heterocycles. The van der Waals surface area contributed by atoms with Gasteiger partial charge in [0.1, 0.15) is 0 Å². The van der Waals surface area contributed by atoms with Crippen LogP contribution in [0.5, 0.6) is 0 Å². The molecular weight excluding hydrogens is 468 g/mol. The molecule has 0 radical (unpaired) electrons. The maximum Gasteiger partial charge on any atom is 0.419 e. The first-order chi connectivity index (χ1) is 17.4. The summed E-state index contributed by atoms with van der Waals surface area (Å²) >= 11 is 0. The zero-order valence-electron chi connectivity index (χ0n) is 22.9. The van der Waals surface area contributed by atoms with Crippen molar-refractivity contribution in [3.63, 3.8) is 0 Å². The van der Waals surface area contributed by atoms with Crippen LogP contribution in [0.4, 0.5) is 19.2 Å². The number of amides is 4. The second-order valence-electron chi connectivity index (χ2n) is 8.59. The zero-order valence-corrected chi connectivity index (χ0v) is 22.9. The lowest BCUT2D eigenvalue weighted by Gasteiger charge is -2.21. The highest BCUT2D eigenvalue weighted by Gasteiger charge is 2.25. The molecule has 10 heteroatoms. The molecule has 0 bridgehead atoms. The average Bonchev–Trinajstić information content (AvgIpc) is 2.86. The standard InChI is InChI=1S/C26H48N2O8/c1-5-9-19-33-23(29)27(24(30)34-20-10-6-2)17-15-13-14-16-18-28(25(31)35-21-11-7-3)26(32)36-22-12-8-4/h5-22H2,1-4H3. The van der Waals surface area contributed by atoms with Gasteiger partial charge in [-0.15, -0.1) is 0 Å². The minimum atomic E-state index is -0.694. The molecule has 4 amide bonds. The fraction of sp³-hybridized carbons (Fsp3) is 0.846. The second kappa shape index (κ2) is 22.9. The van der Waals surface area contributed by atoms with E-state index in [0.29, 0.717) is 25.7 Å². The third kappa shape index (κ3) is 16.2. The molecular formula is C26H48N2O8. The van der Waals surface area contributed by atoms with Gasteiger partial charge in [0.25, 0.3) is 0 Å². The van der Waals surface area contributed by atoms with Crippen molar-refractivity contribution in [1.29, 1.82) is 0 Å². The number of hydrogen-bond acceptors (Lipinski definition) is 8. The first kappa shape index (κ1) is 33.5. The predicted molar refractivity (Wildman–Crippen MR) is 137 cm³/mol. The van der Waals surface area contributed by atoms with Gasteiger partial charge in [0.2, 0.25) is 0 Å². The lowest BCUT2D eigenvalue weighted by Crippen LogP contribution is -2.39. The van der Waals surface area contributed by atoms with Crippen LogP contribution in [0.15, 0.2) is 0 Å². The highest BCUT2D eigenvalue weighted by atomic mass is 16.6. The molecule has 0 rings (SSSR count). The van der Waals surface area contributed by atoms with Crippen molar-refractivity contribution in [1.82, 2.24) is 9.80 Å². The van der Waals surface area contributed by atoms with Crippen LogP contribution < -0.4 is 0 Å². The van der Waals surface area contributed by atoms with Crippen molar-refractivity contribution in [2.75, 3.05) is 39.5 Å². The van der Waals surface area contributed by atoms with E-state index in [1.807, 2.05) is 27.7 Å². The third-order valence-corrected chi connectivity index (χ3v) is 5.29. The van der Waals surface area contributed by atoms with Crippen molar-refractivity contribution < 1.29 is 38.1 Å². The maximum atomic E-state index is 12.4. The van der Waals surface area contributed by atoms with Crippen LogP contribution in [0.1, 0.15) is 105 Å². The summed E-state index contributed by atoms with van der Waals surface area (Å²) < 4.78 is 20.8. The van der Waals surface area contributed by atoms with Gasteiger partial charge in [0, 0.05) is 13.1 Å². The van der Waals surface area contributed by atoms with E-state index in [1.165, 1.54) is 0 Å². The number of ether oxygens (including phenoxy) is 4. The van der Waals surface area contributed by atoms with Gasteiger partial charge < -0.3 is 18.9 Å². The fourth-order valence-corrected chi connectivity index (χ4v) is 2.93. The van der Waals surface area contributed by atoms with Gasteiger partial charge in [-0.3, -0.25) is 0 Å². The van der Waals surface area contributed by atoms with E-state index < -0.39 is 24.4 Å². The van der Waals surface area contributed by atoms with Gasteiger partial charge in [-0.2, -0.15) is 0 Å². The monoisotopic (exact) mass is 516 g/mol. The SMILES string of the molecule is CCCCOC(=O)N(CCCCCCN(C(=O)OCCCC)C(=O)OCCCC)C(=O)OCCCC. The molecule has 0 atom stereocenters. The number of unbranched alkanes of at least 4 members (excludes halogenated alkanes) is 7. The topological polar surface area (TPSA) is 112 Å². The lowest BCUT2D eigenvalue weighted by molar-refractivity contribution is 0.0719. The summed E-state index contributed by atoms with van der Waals surface area (Å²) in [6.45, 7) is 9.33. The van der Waals surface area contributed by atoms with E-state index in [-0.39, 0.29) is 39.5 Å². The number of imide groups is 2. The molecule has 36 heavy (non-hydrogen) atoms. The molecule has 0 aliphatic rings. The minimum absolute atomic E-state index is 0.178. The summed E-state index contributed by atoms with van der Waals surface area (Å²) in [6.07, 6.45) is 6.11. The Bertz CT molecular complexity index is 519. The number of hydrogen-bond donors (Lipinski definition) is 0. The first-order valence-corrected chi connectivity index (χ1v) is 13.6. The van der Waals surface area contributed by atoms with Crippen LogP contribution in [0, 0.1) is 0 Å². The quantitative estimate of drug-likeness (QED) is 0.135. The summed E-state index contributed by atoms with van der Waals surface area (Å²) in [4.78, 5) is 51.5. The molecule has 0 aliphatic carbocycles. The Morgan fingerprint density at radius 3 is 0.889 bits per heavy atom. The summed E-state index contributed by atoms with van der Waals surface area (Å²) in [5.74, 6) is 0. The van der Waals surface area contributed by atoms with Gasteiger partial charge in [-0.1, -0.05) is 66.2 Å². The van der Waals surface area contributed by atoms with Crippen molar-refractivity contribution >= 4 is 24.4 Å². The molecule has 0 aromatic heterocycles. The first-order valence-electron chi connectivity index (χ1n) is 13.6. The fourth-order valence-electron chi connectivity index (χ4n) is 2.93. The molecule has 0 saturated heterocycles. The summed E-state index contributed by atoms with van der Waals surface area (Å²) in [5.41, 5.74) is 0. The Morgan fingerprint density at radius 1 is 0.417 bits per heavy atom. The number of carbonyl (C=O) groups excluding carboxylic acids is 4. The number of nitrogens with zero attached hydrogens (tertiary/aromatic N) is 2. The maximum absolute atomic E-state index is 12.4. The molecule has 0 aromatic carbocycles. The van der Waals surface area contributed by atoms with E-state index in [2.05, 4.69) is 0 Å². The Kier molecular flexibility index (Phi) is 21.3. The molecule has 0 fully saturated rings. The Morgan fingerprint density at radius 2 is 0.667 bits per heavy atom. The Balaban J connectivity index is 4.68. The Hall–Kier alpha value is -2.52. The van der Waals surface area contributed by atoms with E-state index in [9.17, 15) is 19.2 Å². The summed E-state index contributed by atoms with van der Waals surface area (Å²) in [7, 11) is 0. The smallest absolute Gasteiger partial charge is 0.419 e. The van der Waals surface area contributed by atoms with Crippen molar-refractivity contribution in [2.45, 2.75) is 105 Å². The number of carbonyl (C=O) groups is 4. The molecule has 210 valence electrons. The van der Waals surface area contributed by atoms with Crippen LogP contribution in [0.25, 0.3) is 0 Å². The molecule has 10 nitrogen and oxygen atoms in total. The van der Waals surface area contributed by atoms with Crippen molar-refractivity contribution in [3.8, 4) is 0 Å². The molecule has 0 aromatic rings. The van der Waals surface area contributed by atoms with E-state index >= 15 is 0 Å². The highest BCUT2D eigenvalue weighted by molar-refractivity contribution is 5.88. The van der Waals surface area contributed by atoms with Gasteiger partial charge in [-0.05, 0) is 38.5 Å². The molecule has 0 spiro atoms. The highest BCUT2D eigenvalue weighted by Crippen LogP contribution is 2.10. The van der Waals surface area contributed by atoms with Crippen LogP contribution in [0.2, 0.25) is 0 Å². The lowest BCUT2D eigenvalue weighted by atomic mass is 10.2. The van der Waals surface area contributed by atoms with Gasteiger partial charge in [0.15, 0.2) is 0 Å². The molecule has 0 aliphatic heterocycles. The van der Waals surface area contributed by atoms with Crippen LogP contribution >= 0.6 is 0 Å². The van der Waals surface area contributed by atoms with Crippen molar-refractivity contribution in [2.24, 2.45) is 0 Å². The number of rotatable bonds is 19. The van der Waals surface area contributed by atoms with Crippen LogP contribution in [-0.2, 0) is 18.9 Å². The molecule has 0 N–H and O–H groups in total. The van der Waals surface area contributed by atoms with Gasteiger partial charge in [0.05, 0.1) is 26.4 Å². The van der Waals surface area contributed by atoms with E-state index in [1.54, 1.807) is 0 Å². The third-order valence-electron chi connectivity index (χ3n) is 5.29. The Labute approximate surface area is 216 Å². The van der Waals surface area contributed by atoms with E-state index in [4.69, 9.17) is 18.9 Å². The summed E-state index contributed by atoms with van der Waals surface area (Å²) in [5, 5.41) is 0. The predicted octanol–water partition coefficient (Wildman–Crippen LogP) is 6.90. The normalized spacial score (nSPS) is 10.4. The van der Waals surface area contributed by atoms with Gasteiger partial charge >= 0.3 is 24.4 Å². The van der Waals surface area contributed by atoms with E-state index in [0.717, 1.165) is 61.2 Å². The van der Waals surface area contributed by atoms with Crippen LogP contribution in [-0.4, -0.2) is 73.7 Å². The zero-order chi connectivity index (χ0) is 27.0. The second-order valence-corrected chi connectivity index (χ2v) is 8.59.